The second kappa shape index (κ2) is 8.56. The van der Waals surface area contributed by atoms with E-state index in [2.05, 4.69) is 31.7 Å². The normalized spacial score (nSPS) is 11.9. The zero-order valence-electron chi connectivity index (χ0n) is 16.2. The van der Waals surface area contributed by atoms with Crippen molar-refractivity contribution in [1.29, 1.82) is 0 Å². The van der Waals surface area contributed by atoms with Crippen molar-refractivity contribution in [1.82, 2.24) is 20.3 Å². The lowest BCUT2D eigenvalue weighted by molar-refractivity contribution is 0.0949. The van der Waals surface area contributed by atoms with Gasteiger partial charge < -0.3 is 15.6 Å². The second-order valence-electron chi connectivity index (χ2n) is 6.91. The number of carbonyl (C=O) groups is 1. The van der Waals surface area contributed by atoms with E-state index in [1.807, 2.05) is 61.7 Å². The molecule has 29 heavy (non-hydrogen) atoms. The molecule has 0 aliphatic rings. The number of aromatic nitrogens is 3. The molecule has 0 saturated carbocycles. The summed E-state index contributed by atoms with van der Waals surface area (Å²) in [6.07, 6.45) is 4.34. The molecule has 0 aliphatic heterocycles. The van der Waals surface area contributed by atoms with E-state index < -0.39 is 0 Å². The number of amides is 1. The van der Waals surface area contributed by atoms with E-state index in [1.54, 1.807) is 12.3 Å². The van der Waals surface area contributed by atoms with Crippen LogP contribution in [0.3, 0.4) is 0 Å². The summed E-state index contributed by atoms with van der Waals surface area (Å²) in [7, 11) is 0. The Bertz CT molecular complexity index is 1110. The van der Waals surface area contributed by atoms with Crippen LogP contribution in [0.25, 0.3) is 10.9 Å². The molecule has 4 aromatic rings. The Morgan fingerprint density at radius 3 is 2.72 bits per heavy atom. The van der Waals surface area contributed by atoms with Crippen LogP contribution >= 0.6 is 0 Å². The molecule has 4 rings (SSSR count). The number of benzene rings is 2. The van der Waals surface area contributed by atoms with E-state index in [9.17, 15) is 4.79 Å². The minimum atomic E-state index is -0.206. The maximum atomic E-state index is 12.5. The number of anilines is 1. The second-order valence-corrected chi connectivity index (χ2v) is 6.91. The third-order valence-electron chi connectivity index (χ3n) is 4.89. The minimum Gasteiger partial charge on any atom is -0.361 e. The molecule has 1 unspecified atom stereocenters. The number of nitrogens with one attached hydrogen (secondary N) is 3. The highest BCUT2D eigenvalue weighted by atomic mass is 16.1. The number of H-pyrrole nitrogens is 1. The molecule has 1 amide bonds. The first kappa shape index (κ1) is 18.7. The van der Waals surface area contributed by atoms with Crippen molar-refractivity contribution in [2.45, 2.75) is 19.4 Å². The van der Waals surface area contributed by atoms with Crippen LogP contribution in [0.2, 0.25) is 0 Å². The van der Waals surface area contributed by atoms with Crippen LogP contribution in [0, 0.1) is 0 Å². The lowest BCUT2D eigenvalue weighted by Crippen LogP contribution is -2.27. The summed E-state index contributed by atoms with van der Waals surface area (Å²) in [5, 5.41) is 7.37. The highest BCUT2D eigenvalue weighted by Gasteiger charge is 2.11. The predicted octanol–water partition coefficient (Wildman–Crippen LogP) is 4.10. The summed E-state index contributed by atoms with van der Waals surface area (Å²) in [6, 6.07) is 19.9. The monoisotopic (exact) mass is 385 g/mol. The molecule has 0 saturated heterocycles. The lowest BCUT2D eigenvalue weighted by Gasteiger charge is -2.14. The number of para-hydroxylation sites is 1. The van der Waals surface area contributed by atoms with Crippen LogP contribution < -0.4 is 10.6 Å². The van der Waals surface area contributed by atoms with Crippen LogP contribution in [-0.2, 0) is 6.42 Å². The SMILES string of the molecule is CC(Nc1nccc(C(=O)NCCc2c[nH]c3ccccc23)n1)c1ccccc1. The van der Waals surface area contributed by atoms with Crippen molar-refractivity contribution in [2.75, 3.05) is 11.9 Å². The zero-order valence-corrected chi connectivity index (χ0v) is 16.2. The standard InChI is InChI=1S/C23H23N5O/c1-16(17-7-3-2-4-8-17)27-23-25-14-12-21(28-23)22(29)24-13-11-18-15-26-20-10-6-5-9-19(18)20/h2-10,12,14-16,26H,11,13H2,1H3,(H,24,29)(H,25,27,28). The number of carbonyl (C=O) groups excluding carboxylic acids is 1. The highest BCUT2D eigenvalue weighted by molar-refractivity contribution is 5.92. The molecule has 0 spiro atoms. The Labute approximate surface area is 169 Å². The summed E-state index contributed by atoms with van der Waals surface area (Å²) in [4.78, 5) is 24.4. The molecular weight excluding hydrogens is 362 g/mol. The van der Waals surface area contributed by atoms with Gasteiger partial charge in [-0.05, 0) is 36.6 Å². The maximum Gasteiger partial charge on any atom is 0.270 e. The first-order chi connectivity index (χ1) is 14.2. The van der Waals surface area contributed by atoms with Crippen molar-refractivity contribution in [2.24, 2.45) is 0 Å². The van der Waals surface area contributed by atoms with Gasteiger partial charge in [0.15, 0.2) is 0 Å². The largest absolute Gasteiger partial charge is 0.361 e. The molecule has 0 aliphatic carbocycles. The van der Waals surface area contributed by atoms with E-state index in [0.29, 0.717) is 18.2 Å². The van der Waals surface area contributed by atoms with E-state index >= 15 is 0 Å². The summed E-state index contributed by atoms with van der Waals surface area (Å²) in [5.41, 5.74) is 3.77. The summed E-state index contributed by atoms with van der Waals surface area (Å²) in [5.74, 6) is 0.230. The van der Waals surface area contributed by atoms with Crippen molar-refractivity contribution < 1.29 is 4.79 Å². The molecule has 0 bridgehead atoms. The lowest BCUT2D eigenvalue weighted by atomic mass is 10.1. The summed E-state index contributed by atoms with van der Waals surface area (Å²) >= 11 is 0. The molecule has 0 fully saturated rings. The van der Waals surface area contributed by atoms with Crippen LogP contribution in [0.4, 0.5) is 5.95 Å². The molecule has 146 valence electrons. The summed E-state index contributed by atoms with van der Waals surface area (Å²) in [6.45, 7) is 2.57. The van der Waals surface area contributed by atoms with Gasteiger partial charge in [0, 0.05) is 29.8 Å². The van der Waals surface area contributed by atoms with Crippen molar-refractivity contribution in [3.8, 4) is 0 Å². The fourth-order valence-corrected chi connectivity index (χ4v) is 3.31. The van der Waals surface area contributed by atoms with Gasteiger partial charge in [0.2, 0.25) is 5.95 Å². The molecular formula is C23H23N5O. The highest BCUT2D eigenvalue weighted by Crippen LogP contribution is 2.18. The first-order valence-electron chi connectivity index (χ1n) is 9.68. The number of hydrogen-bond acceptors (Lipinski definition) is 4. The third-order valence-corrected chi connectivity index (χ3v) is 4.89. The van der Waals surface area contributed by atoms with Gasteiger partial charge in [-0.3, -0.25) is 4.79 Å². The molecule has 0 radical (unpaired) electrons. The number of fused-ring (bicyclic) bond motifs is 1. The molecule has 6 heteroatoms. The van der Waals surface area contributed by atoms with Crippen LogP contribution in [0.5, 0.6) is 0 Å². The molecule has 3 N–H and O–H groups in total. The summed E-state index contributed by atoms with van der Waals surface area (Å²) < 4.78 is 0. The maximum absolute atomic E-state index is 12.5. The van der Waals surface area contributed by atoms with E-state index in [4.69, 9.17) is 0 Å². The Morgan fingerprint density at radius 2 is 1.86 bits per heavy atom. The van der Waals surface area contributed by atoms with Gasteiger partial charge >= 0.3 is 0 Å². The molecule has 6 nitrogen and oxygen atoms in total. The number of aromatic amines is 1. The van der Waals surface area contributed by atoms with Crippen LogP contribution in [-0.4, -0.2) is 27.4 Å². The quantitative estimate of drug-likeness (QED) is 0.447. The van der Waals surface area contributed by atoms with Gasteiger partial charge in [-0.15, -0.1) is 0 Å². The Kier molecular flexibility index (Phi) is 5.52. The fourth-order valence-electron chi connectivity index (χ4n) is 3.31. The van der Waals surface area contributed by atoms with E-state index in [0.717, 1.165) is 17.5 Å². The van der Waals surface area contributed by atoms with Crippen molar-refractivity contribution >= 4 is 22.8 Å². The van der Waals surface area contributed by atoms with E-state index in [-0.39, 0.29) is 11.9 Å². The number of rotatable bonds is 7. The minimum absolute atomic E-state index is 0.0383. The average Bonchev–Trinajstić information content (AvgIpc) is 3.18. The fraction of sp³-hybridized carbons (Fsp3) is 0.174. The first-order valence-corrected chi connectivity index (χ1v) is 9.68. The van der Waals surface area contributed by atoms with Crippen molar-refractivity contribution in [3.63, 3.8) is 0 Å². The smallest absolute Gasteiger partial charge is 0.270 e. The van der Waals surface area contributed by atoms with Gasteiger partial charge in [-0.2, -0.15) is 0 Å². The van der Waals surface area contributed by atoms with Gasteiger partial charge in [0.25, 0.3) is 5.91 Å². The average molecular weight is 385 g/mol. The van der Waals surface area contributed by atoms with Gasteiger partial charge in [0.1, 0.15) is 5.69 Å². The van der Waals surface area contributed by atoms with Gasteiger partial charge in [-0.1, -0.05) is 48.5 Å². The molecule has 2 aromatic heterocycles. The molecule has 1 atom stereocenters. The van der Waals surface area contributed by atoms with Crippen LogP contribution in [0.15, 0.2) is 73.1 Å². The van der Waals surface area contributed by atoms with E-state index in [1.165, 1.54) is 10.9 Å². The molecule has 2 aromatic carbocycles. The Hall–Kier alpha value is -3.67. The predicted molar refractivity (Wildman–Crippen MR) is 115 cm³/mol. The van der Waals surface area contributed by atoms with Crippen LogP contribution in [0.1, 0.15) is 34.6 Å². The molecule has 2 heterocycles. The van der Waals surface area contributed by atoms with Gasteiger partial charge in [0.05, 0.1) is 6.04 Å². The Balaban J connectivity index is 1.36. The van der Waals surface area contributed by atoms with Crippen molar-refractivity contribution in [3.05, 3.63) is 89.9 Å². The topological polar surface area (TPSA) is 82.7 Å². The zero-order chi connectivity index (χ0) is 20.1. The third kappa shape index (κ3) is 4.43. The van der Waals surface area contributed by atoms with Gasteiger partial charge in [-0.25, -0.2) is 9.97 Å². The Morgan fingerprint density at radius 1 is 1.07 bits per heavy atom. The number of hydrogen-bond donors (Lipinski definition) is 3. The number of nitrogens with zero attached hydrogens (tertiary/aromatic N) is 2.